The summed E-state index contributed by atoms with van der Waals surface area (Å²) in [6.45, 7) is 4.41. The van der Waals surface area contributed by atoms with Crippen LogP contribution >= 0.6 is 11.3 Å². The maximum Gasteiger partial charge on any atom is 0.263 e. The number of nitrogens with one attached hydrogen (secondary N) is 2. The number of aryl methyl sites for hydroxylation is 2. The van der Waals surface area contributed by atoms with Crippen LogP contribution in [0.2, 0.25) is 0 Å². The highest BCUT2D eigenvalue weighted by Gasteiger charge is 2.16. The highest BCUT2D eigenvalue weighted by molar-refractivity contribution is 7.17. The molecule has 2 N–H and O–H groups in total. The Morgan fingerprint density at radius 2 is 2.00 bits per heavy atom. The van der Waals surface area contributed by atoms with Crippen LogP contribution in [-0.4, -0.2) is 18.0 Å². The molecule has 3 rings (SSSR count). The summed E-state index contributed by atoms with van der Waals surface area (Å²) in [6.07, 6.45) is 0.932. The lowest BCUT2D eigenvalue weighted by atomic mass is 10.1. The molecule has 0 bridgehead atoms. The Labute approximate surface area is 163 Å². The summed E-state index contributed by atoms with van der Waals surface area (Å²) in [5.74, 6) is 0.654. The Morgan fingerprint density at radius 3 is 2.78 bits per heavy atom. The molecule has 2 aromatic carbocycles. The van der Waals surface area contributed by atoms with E-state index in [9.17, 15) is 4.79 Å². The van der Waals surface area contributed by atoms with Gasteiger partial charge in [-0.2, -0.15) is 0 Å². The van der Waals surface area contributed by atoms with Crippen LogP contribution in [0.1, 0.15) is 33.4 Å². The van der Waals surface area contributed by atoms with Crippen LogP contribution in [0.4, 0.5) is 10.8 Å². The first kappa shape index (κ1) is 18.9. The molecule has 1 amide bonds. The van der Waals surface area contributed by atoms with Gasteiger partial charge < -0.3 is 15.4 Å². The van der Waals surface area contributed by atoms with E-state index in [0.29, 0.717) is 11.4 Å². The fraction of sp³-hybridized carbons (Fsp3) is 0.238. The zero-order valence-corrected chi connectivity index (χ0v) is 16.5. The van der Waals surface area contributed by atoms with Crippen molar-refractivity contribution in [3.8, 4) is 5.75 Å². The molecule has 0 unspecified atom stereocenters. The Morgan fingerprint density at radius 1 is 1.19 bits per heavy atom. The van der Waals surface area contributed by atoms with Crippen molar-refractivity contribution in [3.05, 3.63) is 70.2 Å². The lowest BCUT2D eigenvalue weighted by molar-refractivity contribution is 0.0954. The third kappa shape index (κ3) is 4.65. The molecular formula is C21H23N3O2S. The number of nitrogens with zero attached hydrogens (tertiary/aromatic N) is 1. The van der Waals surface area contributed by atoms with Gasteiger partial charge in [-0.05, 0) is 42.7 Å². The normalized spacial score (nSPS) is 10.5. The summed E-state index contributed by atoms with van der Waals surface area (Å²) in [6, 6.07) is 15.8. The van der Waals surface area contributed by atoms with Crippen LogP contribution in [0.5, 0.6) is 5.75 Å². The molecule has 0 saturated carbocycles. The maximum atomic E-state index is 12.6. The predicted molar refractivity (Wildman–Crippen MR) is 110 cm³/mol. The first-order chi connectivity index (χ1) is 13.1. The zero-order valence-electron chi connectivity index (χ0n) is 15.7. The second kappa shape index (κ2) is 8.68. The number of rotatable bonds is 7. The summed E-state index contributed by atoms with van der Waals surface area (Å²) < 4.78 is 5.22. The van der Waals surface area contributed by atoms with E-state index >= 15 is 0 Å². The van der Waals surface area contributed by atoms with Crippen molar-refractivity contribution < 1.29 is 9.53 Å². The molecule has 5 nitrogen and oxygen atoms in total. The summed E-state index contributed by atoms with van der Waals surface area (Å²) in [5.41, 5.74) is 3.95. The average molecular weight is 382 g/mol. The smallest absolute Gasteiger partial charge is 0.263 e. The van der Waals surface area contributed by atoms with Crippen LogP contribution in [0.25, 0.3) is 0 Å². The molecule has 0 aliphatic rings. The van der Waals surface area contributed by atoms with Crippen molar-refractivity contribution in [1.29, 1.82) is 0 Å². The molecule has 0 spiro atoms. The molecule has 6 heteroatoms. The first-order valence-electron chi connectivity index (χ1n) is 8.84. The van der Waals surface area contributed by atoms with Gasteiger partial charge in [-0.3, -0.25) is 4.79 Å². The number of hydrogen-bond acceptors (Lipinski definition) is 5. The molecule has 0 fully saturated rings. The Kier molecular flexibility index (Phi) is 6.08. The number of methoxy groups -OCH3 is 1. The van der Waals surface area contributed by atoms with E-state index in [-0.39, 0.29) is 5.91 Å². The van der Waals surface area contributed by atoms with Gasteiger partial charge >= 0.3 is 0 Å². The van der Waals surface area contributed by atoms with Crippen molar-refractivity contribution >= 4 is 28.1 Å². The monoisotopic (exact) mass is 381 g/mol. The van der Waals surface area contributed by atoms with Gasteiger partial charge in [-0.1, -0.05) is 48.6 Å². The molecule has 0 saturated heterocycles. The number of thiazole rings is 1. The van der Waals surface area contributed by atoms with E-state index in [1.807, 2.05) is 49.4 Å². The van der Waals surface area contributed by atoms with Gasteiger partial charge in [0.15, 0.2) is 5.13 Å². The minimum absolute atomic E-state index is 0.121. The van der Waals surface area contributed by atoms with Gasteiger partial charge in [0, 0.05) is 12.2 Å². The minimum Gasteiger partial charge on any atom is -0.497 e. The van der Waals surface area contributed by atoms with Gasteiger partial charge in [0.25, 0.3) is 5.91 Å². The van der Waals surface area contributed by atoms with Gasteiger partial charge in [-0.15, -0.1) is 0 Å². The molecular weight excluding hydrogens is 358 g/mol. The van der Waals surface area contributed by atoms with E-state index in [1.54, 1.807) is 7.11 Å². The number of hydrogen-bond donors (Lipinski definition) is 2. The van der Waals surface area contributed by atoms with E-state index in [0.717, 1.165) is 34.2 Å². The SMILES string of the molecule is CCc1ccccc1Nc1nc(C)c(C(=O)NCc2cccc(OC)c2)s1. The number of ether oxygens (including phenoxy) is 1. The number of carbonyl (C=O) groups is 1. The van der Waals surface area contributed by atoms with Crippen molar-refractivity contribution in [3.63, 3.8) is 0 Å². The number of para-hydroxylation sites is 1. The molecule has 0 radical (unpaired) electrons. The van der Waals surface area contributed by atoms with Crippen LogP contribution < -0.4 is 15.4 Å². The number of carbonyl (C=O) groups excluding carboxylic acids is 1. The van der Waals surface area contributed by atoms with Crippen LogP contribution in [-0.2, 0) is 13.0 Å². The van der Waals surface area contributed by atoms with Crippen LogP contribution in [0.15, 0.2) is 48.5 Å². The van der Waals surface area contributed by atoms with Gasteiger partial charge in [0.05, 0.1) is 12.8 Å². The highest BCUT2D eigenvalue weighted by Crippen LogP contribution is 2.27. The van der Waals surface area contributed by atoms with Crippen LogP contribution in [0, 0.1) is 6.92 Å². The molecule has 27 heavy (non-hydrogen) atoms. The number of amides is 1. The Bertz CT molecular complexity index is 937. The molecule has 0 aliphatic heterocycles. The fourth-order valence-electron chi connectivity index (χ4n) is 2.77. The quantitative estimate of drug-likeness (QED) is 0.623. The fourth-order valence-corrected chi connectivity index (χ4v) is 3.67. The Balaban J connectivity index is 1.69. The van der Waals surface area contributed by atoms with Gasteiger partial charge in [0.2, 0.25) is 0 Å². The van der Waals surface area contributed by atoms with E-state index in [2.05, 4.69) is 28.6 Å². The molecule has 1 aromatic heterocycles. The standard InChI is InChI=1S/C21H23N3O2S/c1-4-16-9-5-6-11-18(16)24-21-23-14(2)19(27-21)20(25)22-13-15-8-7-10-17(12-15)26-3/h5-12H,4,13H2,1-3H3,(H,22,25)(H,23,24). The van der Waals surface area contributed by atoms with Gasteiger partial charge in [-0.25, -0.2) is 4.98 Å². The second-order valence-corrected chi connectivity index (χ2v) is 7.10. The van der Waals surface area contributed by atoms with Crippen LogP contribution in [0.3, 0.4) is 0 Å². The summed E-state index contributed by atoms with van der Waals surface area (Å²) >= 11 is 1.37. The summed E-state index contributed by atoms with van der Waals surface area (Å²) in [5, 5.41) is 7.02. The number of benzene rings is 2. The number of aromatic nitrogens is 1. The summed E-state index contributed by atoms with van der Waals surface area (Å²) in [4.78, 5) is 17.7. The molecule has 0 aliphatic carbocycles. The maximum absolute atomic E-state index is 12.6. The lowest BCUT2D eigenvalue weighted by Gasteiger charge is -2.07. The van der Waals surface area contributed by atoms with Crippen molar-refractivity contribution in [1.82, 2.24) is 10.3 Å². The van der Waals surface area contributed by atoms with E-state index in [4.69, 9.17) is 4.74 Å². The zero-order chi connectivity index (χ0) is 19.2. The molecule has 0 atom stereocenters. The van der Waals surface area contributed by atoms with Gasteiger partial charge in [0.1, 0.15) is 10.6 Å². The number of anilines is 2. The van der Waals surface area contributed by atoms with E-state index in [1.165, 1.54) is 16.9 Å². The highest BCUT2D eigenvalue weighted by atomic mass is 32.1. The minimum atomic E-state index is -0.121. The molecule has 3 aromatic rings. The Hall–Kier alpha value is -2.86. The molecule has 1 heterocycles. The van der Waals surface area contributed by atoms with Crippen molar-refractivity contribution in [2.75, 3.05) is 12.4 Å². The summed E-state index contributed by atoms with van der Waals surface area (Å²) in [7, 11) is 1.63. The second-order valence-electron chi connectivity index (χ2n) is 6.10. The molecule has 140 valence electrons. The van der Waals surface area contributed by atoms with Crippen molar-refractivity contribution in [2.45, 2.75) is 26.8 Å². The topological polar surface area (TPSA) is 63.2 Å². The van der Waals surface area contributed by atoms with E-state index < -0.39 is 0 Å². The predicted octanol–water partition coefficient (Wildman–Crippen LogP) is 4.70. The average Bonchev–Trinajstić information content (AvgIpc) is 3.07. The van der Waals surface area contributed by atoms with Crippen molar-refractivity contribution in [2.24, 2.45) is 0 Å². The lowest BCUT2D eigenvalue weighted by Crippen LogP contribution is -2.22. The third-order valence-electron chi connectivity index (χ3n) is 4.23. The largest absolute Gasteiger partial charge is 0.497 e. The first-order valence-corrected chi connectivity index (χ1v) is 9.65. The third-order valence-corrected chi connectivity index (χ3v) is 5.30.